The van der Waals surface area contributed by atoms with Crippen LogP contribution >= 0.6 is 0 Å². The quantitative estimate of drug-likeness (QED) is 0.903. The molecule has 0 aliphatic carbocycles. The molecule has 1 aliphatic heterocycles. The van der Waals surface area contributed by atoms with Gasteiger partial charge in [0.25, 0.3) is 0 Å². The summed E-state index contributed by atoms with van der Waals surface area (Å²) in [6.07, 6.45) is 3.57. The Morgan fingerprint density at radius 2 is 2.10 bits per heavy atom. The number of hydrogen-bond acceptors (Lipinski definition) is 4. The van der Waals surface area contributed by atoms with Crippen molar-refractivity contribution < 1.29 is 14.6 Å². The summed E-state index contributed by atoms with van der Waals surface area (Å²) in [5.74, 6) is 0.876. The molecule has 1 aromatic heterocycles. The van der Waals surface area contributed by atoms with Crippen molar-refractivity contribution in [3.63, 3.8) is 0 Å². The van der Waals surface area contributed by atoms with Gasteiger partial charge in [0.2, 0.25) is 5.91 Å². The predicted octanol–water partition coefficient (Wildman–Crippen LogP) is 1.76. The number of hydrogen-bond donors (Lipinski definition) is 1. The number of benzene rings is 1. The van der Waals surface area contributed by atoms with Crippen LogP contribution in [0.15, 0.2) is 42.7 Å². The van der Waals surface area contributed by atoms with E-state index in [9.17, 15) is 9.90 Å². The van der Waals surface area contributed by atoms with Crippen LogP contribution in [0.2, 0.25) is 0 Å². The molecule has 0 saturated heterocycles. The van der Waals surface area contributed by atoms with Gasteiger partial charge in [-0.2, -0.15) is 0 Å². The Labute approximate surface area is 116 Å². The number of aromatic hydroxyl groups is 1. The molecule has 1 N–H and O–H groups in total. The molecular formula is C15H14N2O3. The van der Waals surface area contributed by atoms with Gasteiger partial charge in [-0.05, 0) is 17.7 Å². The van der Waals surface area contributed by atoms with Gasteiger partial charge in [-0.3, -0.25) is 9.78 Å². The number of rotatable bonds is 2. The molecule has 0 spiro atoms. The van der Waals surface area contributed by atoms with Crippen molar-refractivity contribution in [1.29, 1.82) is 0 Å². The summed E-state index contributed by atoms with van der Waals surface area (Å²) in [7, 11) is 0. The normalized spacial score (nSPS) is 13.5. The molecule has 0 radical (unpaired) electrons. The molecule has 1 aliphatic rings. The maximum Gasteiger partial charge on any atom is 0.231 e. The van der Waals surface area contributed by atoms with Gasteiger partial charge < -0.3 is 14.7 Å². The zero-order valence-corrected chi connectivity index (χ0v) is 10.8. The SMILES string of the molecule is O=C(Cc1ccc(O)cc1)N1CCOc2ccncc21. The van der Waals surface area contributed by atoms with E-state index in [0.29, 0.717) is 24.6 Å². The molecule has 102 valence electrons. The minimum atomic E-state index is -0.00626. The monoisotopic (exact) mass is 270 g/mol. The number of phenolic OH excluding ortho intramolecular Hbond substituents is 1. The molecule has 0 saturated carbocycles. The van der Waals surface area contributed by atoms with Gasteiger partial charge in [0.1, 0.15) is 23.8 Å². The van der Waals surface area contributed by atoms with Crippen LogP contribution in [0.25, 0.3) is 0 Å². The van der Waals surface area contributed by atoms with E-state index >= 15 is 0 Å². The van der Waals surface area contributed by atoms with Gasteiger partial charge in [-0.15, -0.1) is 0 Å². The lowest BCUT2D eigenvalue weighted by Gasteiger charge is -2.29. The van der Waals surface area contributed by atoms with Gasteiger partial charge in [-0.1, -0.05) is 12.1 Å². The summed E-state index contributed by atoms with van der Waals surface area (Å²) in [6, 6.07) is 8.42. The number of amides is 1. The molecule has 2 heterocycles. The van der Waals surface area contributed by atoms with Crippen molar-refractivity contribution >= 4 is 11.6 Å². The average molecular weight is 270 g/mol. The Morgan fingerprint density at radius 3 is 2.90 bits per heavy atom. The summed E-state index contributed by atoms with van der Waals surface area (Å²) in [5.41, 5.74) is 1.58. The van der Waals surface area contributed by atoms with E-state index in [1.54, 1.807) is 47.6 Å². The summed E-state index contributed by atoms with van der Waals surface area (Å²) in [6.45, 7) is 1.01. The molecule has 2 aromatic rings. The Kier molecular flexibility index (Phi) is 3.25. The first kappa shape index (κ1) is 12.5. The Bertz CT molecular complexity index is 625. The van der Waals surface area contributed by atoms with E-state index in [1.165, 1.54) is 0 Å². The molecular weight excluding hydrogens is 256 g/mol. The first-order valence-corrected chi connectivity index (χ1v) is 6.39. The van der Waals surface area contributed by atoms with Crippen LogP contribution in [0.1, 0.15) is 5.56 Å². The number of ether oxygens (including phenoxy) is 1. The topological polar surface area (TPSA) is 62.7 Å². The molecule has 0 fully saturated rings. The van der Waals surface area contributed by atoms with Crippen LogP contribution in [0.5, 0.6) is 11.5 Å². The Morgan fingerprint density at radius 1 is 1.30 bits per heavy atom. The number of phenols is 1. The minimum absolute atomic E-state index is 0.00626. The number of fused-ring (bicyclic) bond motifs is 1. The van der Waals surface area contributed by atoms with Crippen molar-refractivity contribution in [2.24, 2.45) is 0 Å². The number of carbonyl (C=O) groups excluding carboxylic acids is 1. The molecule has 0 unspecified atom stereocenters. The molecule has 3 rings (SSSR count). The first-order valence-electron chi connectivity index (χ1n) is 6.39. The fraction of sp³-hybridized carbons (Fsp3) is 0.200. The smallest absolute Gasteiger partial charge is 0.231 e. The van der Waals surface area contributed by atoms with Gasteiger partial charge in [-0.25, -0.2) is 0 Å². The third kappa shape index (κ3) is 2.42. The second-order valence-corrected chi connectivity index (χ2v) is 4.58. The fourth-order valence-electron chi connectivity index (χ4n) is 2.21. The molecule has 1 amide bonds. The minimum Gasteiger partial charge on any atom is -0.508 e. The summed E-state index contributed by atoms with van der Waals surface area (Å²) < 4.78 is 5.50. The van der Waals surface area contributed by atoms with Gasteiger partial charge in [0.05, 0.1) is 19.2 Å². The van der Waals surface area contributed by atoms with E-state index in [2.05, 4.69) is 4.98 Å². The molecule has 0 bridgehead atoms. The Hall–Kier alpha value is -2.56. The van der Waals surface area contributed by atoms with Gasteiger partial charge >= 0.3 is 0 Å². The number of aromatic nitrogens is 1. The molecule has 1 aromatic carbocycles. The lowest BCUT2D eigenvalue weighted by atomic mass is 10.1. The Balaban J connectivity index is 1.80. The fourth-order valence-corrected chi connectivity index (χ4v) is 2.21. The van der Waals surface area contributed by atoms with Gasteiger partial charge in [0, 0.05) is 12.3 Å². The molecule has 20 heavy (non-hydrogen) atoms. The summed E-state index contributed by atoms with van der Waals surface area (Å²) in [5, 5.41) is 9.25. The zero-order chi connectivity index (χ0) is 13.9. The number of pyridine rings is 1. The van der Waals surface area contributed by atoms with E-state index in [4.69, 9.17) is 4.74 Å². The lowest BCUT2D eigenvalue weighted by Crippen LogP contribution is -2.38. The predicted molar refractivity (Wildman–Crippen MR) is 73.9 cm³/mol. The van der Waals surface area contributed by atoms with Crippen LogP contribution in [0, 0.1) is 0 Å². The van der Waals surface area contributed by atoms with Crippen molar-refractivity contribution in [2.45, 2.75) is 6.42 Å². The lowest BCUT2D eigenvalue weighted by molar-refractivity contribution is -0.118. The second-order valence-electron chi connectivity index (χ2n) is 4.58. The number of carbonyl (C=O) groups is 1. The third-order valence-electron chi connectivity index (χ3n) is 3.22. The van der Waals surface area contributed by atoms with Crippen LogP contribution < -0.4 is 9.64 Å². The van der Waals surface area contributed by atoms with Crippen molar-refractivity contribution in [3.8, 4) is 11.5 Å². The maximum atomic E-state index is 12.4. The third-order valence-corrected chi connectivity index (χ3v) is 3.22. The van der Waals surface area contributed by atoms with E-state index in [0.717, 1.165) is 5.56 Å². The highest BCUT2D eigenvalue weighted by atomic mass is 16.5. The van der Waals surface area contributed by atoms with Crippen LogP contribution in [0.3, 0.4) is 0 Å². The first-order chi connectivity index (χ1) is 9.74. The van der Waals surface area contributed by atoms with Crippen LogP contribution in [-0.4, -0.2) is 29.1 Å². The van der Waals surface area contributed by atoms with Crippen molar-refractivity contribution in [3.05, 3.63) is 48.3 Å². The van der Waals surface area contributed by atoms with E-state index in [1.807, 2.05) is 0 Å². The number of anilines is 1. The zero-order valence-electron chi connectivity index (χ0n) is 10.8. The summed E-state index contributed by atoms with van der Waals surface area (Å²) in [4.78, 5) is 18.1. The van der Waals surface area contributed by atoms with E-state index < -0.39 is 0 Å². The highest BCUT2D eigenvalue weighted by Gasteiger charge is 2.23. The van der Waals surface area contributed by atoms with Crippen molar-refractivity contribution in [1.82, 2.24) is 4.98 Å². The standard InChI is InChI=1S/C15H14N2O3/c18-12-3-1-11(2-4-12)9-15(19)17-7-8-20-14-5-6-16-10-13(14)17/h1-6,10,18H,7-9H2. The van der Waals surface area contributed by atoms with Crippen LogP contribution in [-0.2, 0) is 11.2 Å². The van der Waals surface area contributed by atoms with E-state index in [-0.39, 0.29) is 18.1 Å². The van der Waals surface area contributed by atoms with Gasteiger partial charge in [0.15, 0.2) is 0 Å². The second kappa shape index (κ2) is 5.21. The summed E-state index contributed by atoms with van der Waals surface area (Å²) >= 11 is 0. The maximum absolute atomic E-state index is 12.4. The molecule has 5 heteroatoms. The van der Waals surface area contributed by atoms with Crippen LogP contribution in [0.4, 0.5) is 5.69 Å². The largest absolute Gasteiger partial charge is 0.508 e. The van der Waals surface area contributed by atoms with Crippen molar-refractivity contribution in [2.75, 3.05) is 18.1 Å². The average Bonchev–Trinajstić information content (AvgIpc) is 2.49. The molecule has 5 nitrogen and oxygen atoms in total. The molecule has 0 atom stereocenters. The highest BCUT2D eigenvalue weighted by molar-refractivity contribution is 5.96. The highest BCUT2D eigenvalue weighted by Crippen LogP contribution is 2.30. The number of nitrogens with zero attached hydrogens (tertiary/aromatic N) is 2.